The number of carbonyl (C=O) groups excluding carboxylic acids is 1. The van der Waals surface area contributed by atoms with E-state index in [1.54, 1.807) is 0 Å². The Bertz CT molecular complexity index is 1100. The highest BCUT2D eigenvalue weighted by molar-refractivity contribution is 5.76. The van der Waals surface area contributed by atoms with Gasteiger partial charge in [-0.15, -0.1) is 0 Å². The van der Waals surface area contributed by atoms with Crippen molar-refractivity contribution >= 4 is 5.91 Å². The first kappa shape index (κ1) is 69.2. The molecule has 9 heteroatoms. The summed E-state index contributed by atoms with van der Waals surface area (Å²) in [6, 6.07) is -0.714. The van der Waals surface area contributed by atoms with Crippen LogP contribution in [0.5, 0.6) is 0 Å². The molecule has 7 atom stereocenters. The Morgan fingerprint density at radius 2 is 0.694 bits per heavy atom. The van der Waals surface area contributed by atoms with Crippen molar-refractivity contribution in [3.05, 3.63) is 0 Å². The molecule has 1 aliphatic heterocycles. The van der Waals surface area contributed by atoms with Crippen LogP contribution >= 0.6 is 0 Å². The van der Waals surface area contributed by atoms with Crippen molar-refractivity contribution < 1.29 is 39.8 Å². The average Bonchev–Trinajstić information content (AvgIpc) is 3.38. The lowest BCUT2D eigenvalue weighted by atomic mass is 9.99. The predicted octanol–water partition coefficient (Wildman–Crippen LogP) is 16.6. The van der Waals surface area contributed by atoms with E-state index in [1.807, 2.05) is 0 Å². The van der Waals surface area contributed by atoms with Crippen molar-refractivity contribution in [3.8, 4) is 0 Å². The SMILES string of the molecule is CCCCCCCCCCCCCCCCCCCCCCCCCCCCC(=O)NC(COC1OC(CO)C(O)C(O)C1O)C(O)CCCCCCCCCCCCCCCCCCCCCCCCC. The van der Waals surface area contributed by atoms with Gasteiger partial charge < -0.3 is 40.3 Å². The minimum absolute atomic E-state index is 0.130. The van der Waals surface area contributed by atoms with Crippen LogP contribution < -0.4 is 5.32 Å². The van der Waals surface area contributed by atoms with Gasteiger partial charge in [0.1, 0.15) is 24.4 Å². The maximum absolute atomic E-state index is 13.1. The summed E-state index contributed by atoms with van der Waals surface area (Å²) in [7, 11) is 0. The van der Waals surface area contributed by atoms with Crippen LogP contribution in [0, 0.1) is 0 Å². The number of hydrogen-bond donors (Lipinski definition) is 6. The van der Waals surface area contributed by atoms with E-state index in [0.717, 1.165) is 38.5 Å². The average molecular weight is 1020 g/mol. The summed E-state index contributed by atoms with van der Waals surface area (Å²) in [6.45, 7) is 3.90. The monoisotopic (exact) mass is 1020 g/mol. The highest BCUT2D eigenvalue weighted by Crippen LogP contribution is 2.24. The summed E-state index contributed by atoms with van der Waals surface area (Å²) < 4.78 is 11.4. The molecule has 1 rings (SSSR count). The number of amides is 1. The molecule has 1 fully saturated rings. The fourth-order valence-corrected chi connectivity index (χ4v) is 10.9. The Kier molecular flexibility index (Phi) is 51.5. The minimum Gasteiger partial charge on any atom is -0.394 e. The number of carbonyl (C=O) groups is 1. The highest BCUT2D eigenvalue weighted by atomic mass is 16.7. The van der Waals surface area contributed by atoms with E-state index in [-0.39, 0.29) is 12.5 Å². The van der Waals surface area contributed by atoms with Crippen molar-refractivity contribution in [1.82, 2.24) is 5.32 Å². The molecule has 0 radical (unpaired) electrons. The number of aliphatic hydroxyl groups excluding tert-OH is 5. The second-order valence-electron chi connectivity index (χ2n) is 22.9. The molecule has 1 saturated heterocycles. The van der Waals surface area contributed by atoms with Crippen LogP contribution in [-0.2, 0) is 14.3 Å². The van der Waals surface area contributed by atoms with Gasteiger partial charge >= 0.3 is 0 Å². The molecule has 430 valence electrons. The van der Waals surface area contributed by atoms with Crippen molar-refractivity contribution in [1.29, 1.82) is 0 Å². The highest BCUT2D eigenvalue weighted by Gasteiger charge is 2.44. The van der Waals surface area contributed by atoms with E-state index >= 15 is 0 Å². The van der Waals surface area contributed by atoms with Crippen LogP contribution in [0.4, 0.5) is 0 Å². The first-order valence-corrected chi connectivity index (χ1v) is 32.2. The lowest BCUT2D eigenvalue weighted by Gasteiger charge is -2.40. The number of nitrogens with one attached hydrogen (secondary N) is 1. The van der Waals surface area contributed by atoms with Crippen molar-refractivity contribution in [2.45, 2.75) is 384 Å². The van der Waals surface area contributed by atoms with Gasteiger partial charge in [0.15, 0.2) is 6.29 Å². The number of aliphatic hydroxyl groups is 5. The quantitative estimate of drug-likeness (QED) is 0.0330. The molecule has 1 heterocycles. The second kappa shape index (κ2) is 53.6. The van der Waals surface area contributed by atoms with E-state index in [4.69, 9.17) is 9.47 Å². The molecular weight excluding hydrogens is 899 g/mol. The van der Waals surface area contributed by atoms with Gasteiger partial charge in [0.05, 0.1) is 25.4 Å². The number of ether oxygens (including phenoxy) is 2. The van der Waals surface area contributed by atoms with Crippen molar-refractivity contribution in [2.24, 2.45) is 0 Å². The zero-order chi connectivity index (χ0) is 52.2. The van der Waals surface area contributed by atoms with Crippen LogP contribution in [0.15, 0.2) is 0 Å². The summed E-state index contributed by atoms with van der Waals surface area (Å²) in [5.74, 6) is -0.134. The maximum atomic E-state index is 13.1. The molecular formula is C63H125NO8. The Labute approximate surface area is 446 Å². The zero-order valence-corrected chi connectivity index (χ0v) is 48.0. The summed E-state index contributed by atoms with van der Waals surface area (Å²) in [5, 5.41) is 54.8. The second-order valence-corrected chi connectivity index (χ2v) is 22.9. The standard InChI is InChI=1S/C63H125NO8/c1-3-5-7-9-11-13-15-17-19-21-23-25-27-28-29-31-33-35-37-39-41-43-45-47-49-51-53-59(67)64-56(55-71-63-62(70)61(69)60(68)58(54-65)72-63)57(66)52-50-48-46-44-42-40-38-36-34-32-30-26-24-22-20-18-16-14-12-10-8-6-4-2/h56-58,60-63,65-66,68-70H,3-55H2,1-2H3,(H,64,67). The lowest BCUT2D eigenvalue weighted by Crippen LogP contribution is -2.60. The molecule has 7 unspecified atom stereocenters. The Morgan fingerprint density at radius 3 is 0.986 bits per heavy atom. The van der Waals surface area contributed by atoms with Gasteiger partial charge in [0.2, 0.25) is 5.91 Å². The van der Waals surface area contributed by atoms with Gasteiger partial charge in [0.25, 0.3) is 0 Å². The minimum atomic E-state index is -1.55. The third kappa shape index (κ3) is 42.3. The number of hydrogen-bond acceptors (Lipinski definition) is 8. The van der Waals surface area contributed by atoms with E-state index in [9.17, 15) is 30.3 Å². The molecule has 0 aliphatic carbocycles. The molecule has 1 amide bonds. The molecule has 1 aliphatic rings. The molecule has 6 N–H and O–H groups in total. The van der Waals surface area contributed by atoms with Crippen LogP contribution in [0.1, 0.15) is 341 Å². The molecule has 0 aromatic carbocycles. The summed E-state index contributed by atoms with van der Waals surface area (Å²) in [4.78, 5) is 13.1. The first-order chi connectivity index (χ1) is 35.3. The van der Waals surface area contributed by atoms with Crippen LogP contribution in [0.2, 0.25) is 0 Å². The molecule has 0 aromatic heterocycles. The van der Waals surface area contributed by atoms with Gasteiger partial charge in [-0.25, -0.2) is 0 Å². The van der Waals surface area contributed by atoms with E-state index in [0.29, 0.717) is 12.8 Å². The Hall–Kier alpha value is -0.810. The third-order valence-corrected chi connectivity index (χ3v) is 16.0. The van der Waals surface area contributed by atoms with E-state index < -0.39 is 49.5 Å². The van der Waals surface area contributed by atoms with Gasteiger partial charge in [0, 0.05) is 6.42 Å². The molecule has 0 saturated carbocycles. The fraction of sp³-hybridized carbons (Fsp3) is 0.984. The molecule has 0 spiro atoms. The van der Waals surface area contributed by atoms with Gasteiger partial charge in [-0.05, 0) is 12.8 Å². The Morgan fingerprint density at radius 1 is 0.417 bits per heavy atom. The van der Waals surface area contributed by atoms with Crippen LogP contribution in [0.25, 0.3) is 0 Å². The molecule has 72 heavy (non-hydrogen) atoms. The summed E-state index contributed by atoms with van der Waals surface area (Å²) >= 11 is 0. The van der Waals surface area contributed by atoms with Gasteiger partial charge in [-0.3, -0.25) is 4.79 Å². The van der Waals surface area contributed by atoms with E-state index in [2.05, 4.69) is 19.2 Å². The van der Waals surface area contributed by atoms with Crippen LogP contribution in [-0.4, -0.2) is 87.5 Å². The molecule has 0 aromatic rings. The van der Waals surface area contributed by atoms with E-state index in [1.165, 1.54) is 276 Å². The summed E-state index contributed by atoms with van der Waals surface area (Å²) in [5.41, 5.74) is 0. The lowest BCUT2D eigenvalue weighted by molar-refractivity contribution is -0.302. The maximum Gasteiger partial charge on any atom is 0.220 e. The Balaban J connectivity index is 2.14. The third-order valence-electron chi connectivity index (χ3n) is 16.0. The normalized spacial score (nSPS) is 19.0. The van der Waals surface area contributed by atoms with Gasteiger partial charge in [-0.1, -0.05) is 322 Å². The topological polar surface area (TPSA) is 149 Å². The molecule has 9 nitrogen and oxygen atoms in total. The summed E-state index contributed by atoms with van der Waals surface area (Å²) in [6.07, 6.45) is 58.6. The number of unbranched alkanes of at least 4 members (excludes halogenated alkanes) is 47. The fourth-order valence-electron chi connectivity index (χ4n) is 10.9. The van der Waals surface area contributed by atoms with Crippen molar-refractivity contribution in [2.75, 3.05) is 13.2 Å². The first-order valence-electron chi connectivity index (χ1n) is 32.2. The predicted molar refractivity (Wildman–Crippen MR) is 304 cm³/mol. The van der Waals surface area contributed by atoms with Crippen molar-refractivity contribution in [3.63, 3.8) is 0 Å². The smallest absolute Gasteiger partial charge is 0.220 e. The van der Waals surface area contributed by atoms with Gasteiger partial charge in [-0.2, -0.15) is 0 Å². The number of rotatable bonds is 57. The largest absolute Gasteiger partial charge is 0.394 e. The molecule has 0 bridgehead atoms. The zero-order valence-electron chi connectivity index (χ0n) is 48.0. The van der Waals surface area contributed by atoms with Crippen LogP contribution in [0.3, 0.4) is 0 Å².